The topological polar surface area (TPSA) is 142 Å². The molecule has 1 rings (SSSR count). The smallest absolute Gasteiger partial charge is 0.326 e. The van der Waals surface area contributed by atoms with E-state index in [9.17, 15) is 24.6 Å². The van der Waals surface area contributed by atoms with Crippen LogP contribution in [0.25, 0.3) is 0 Å². The Bertz CT molecular complexity index is 601. The van der Waals surface area contributed by atoms with Crippen LogP contribution in [0, 0.1) is 5.92 Å². The number of nitrogens with two attached hydrogens (primary N) is 1. The number of carboxylic acids is 1. The molecule has 0 aliphatic carbocycles. The van der Waals surface area contributed by atoms with Crippen LogP contribution in [-0.4, -0.2) is 46.6 Å². The molecule has 1 aromatic carbocycles. The molecule has 6 N–H and O–H groups in total. The summed E-state index contributed by atoms with van der Waals surface area (Å²) >= 11 is 0. The van der Waals surface area contributed by atoms with Crippen molar-refractivity contribution in [2.45, 2.75) is 38.8 Å². The molecule has 0 aliphatic heterocycles. The average molecular weight is 351 g/mol. The first kappa shape index (κ1) is 20.4. The van der Waals surface area contributed by atoms with Crippen LogP contribution >= 0.6 is 0 Å². The first-order valence-corrected chi connectivity index (χ1v) is 8.03. The zero-order chi connectivity index (χ0) is 19.0. The fraction of sp³-hybridized carbons (Fsp3) is 0.471. The molecule has 2 atom stereocenters. The lowest BCUT2D eigenvalue weighted by atomic mass is 10.0. The first-order chi connectivity index (χ1) is 11.7. The van der Waals surface area contributed by atoms with E-state index in [0.29, 0.717) is 5.56 Å². The van der Waals surface area contributed by atoms with E-state index in [1.807, 2.05) is 13.8 Å². The molecule has 0 aromatic heterocycles. The molecule has 8 heteroatoms. The number of nitrogens with one attached hydrogen (secondary N) is 2. The Balaban J connectivity index is 2.89. The highest BCUT2D eigenvalue weighted by Crippen LogP contribution is 2.12. The lowest BCUT2D eigenvalue weighted by Crippen LogP contribution is -2.53. The Labute approximate surface area is 146 Å². The van der Waals surface area contributed by atoms with E-state index >= 15 is 0 Å². The zero-order valence-corrected chi connectivity index (χ0v) is 14.4. The van der Waals surface area contributed by atoms with E-state index in [1.165, 1.54) is 12.1 Å². The third-order valence-corrected chi connectivity index (χ3v) is 3.53. The molecule has 0 saturated carbocycles. The summed E-state index contributed by atoms with van der Waals surface area (Å²) in [7, 11) is 0. The number of rotatable bonds is 9. The highest BCUT2D eigenvalue weighted by Gasteiger charge is 2.27. The van der Waals surface area contributed by atoms with Gasteiger partial charge in [-0.1, -0.05) is 26.0 Å². The van der Waals surface area contributed by atoms with Gasteiger partial charge in [0.1, 0.15) is 17.8 Å². The number of hydrogen-bond acceptors (Lipinski definition) is 5. The van der Waals surface area contributed by atoms with E-state index in [4.69, 9.17) is 5.73 Å². The van der Waals surface area contributed by atoms with Crippen LogP contribution in [-0.2, 0) is 20.8 Å². The maximum Gasteiger partial charge on any atom is 0.326 e. The number of carbonyl (C=O) groups is 3. The Morgan fingerprint density at radius 3 is 2.16 bits per heavy atom. The number of carbonyl (C=O) groups excluding carboxylic acids is 2. The number of aromatic hydroxyl groups is 1. The van der Waals surface area contributed by atoms with E-state index in [0.717, 1.165) is 0 Å². The van der Waals surface area contributed by atoms with Crippen molar-refractivity contribution >= 4 is 17.8 Å². The standard InChI is InChI=1S/C17H25N3O5/c1-10(2)7-14(17(24)25)20-16(23)13(19-15(22)9-18)8-11-3-5-12(21)6-4-11/h3-6,10,13-14,21H,7-9,18H2,1-2H3,(H,19,22)(H,20,23)(H,24,25)/t13-,14-/m0/s1. The fourth-order valence-electron chi connectivity index (χ4n) is 2.30. The summed E-state index contributed by atoms with van der Waals surface area (Å²) in [6, 6.07) is 4.17. The van der Waals surface area contributed by atoms with Crippen LogP contribution in [0.4, 0.5) is 0 Å². The molecule has 0 aliphatic rings. The molecule has 1 aromatic rings. The second-order valence-electron chi connectivity index (χ2n) is 6.22. The molecule has 0 spiro atoms. The van der Waals surface area contributed by atoms with Gasteiger partial charge in [-0.15, -0.1) is 0 Å². The molecule has 0 radical (unpaired) electrons. The van der Waals surface area contributed by atoms with Gasteiger partial charge in [0.15, 0.2) is 0 Å². The second-order valence-corrected chi connectivity index (χ2v) is 6.22. The molecular weight excluding hydrogens is 326 g/mol. The summed E-state index contributed by atoms with van der Waals surface area (Å²) in [5, 5.41) is 23.5. The van der Waals surface area contributed by atoms with Crippen molar-refractivity contribution in [2.75, 3.05) is 6.54 Å². The summed E-state index contributed by atoms with van der Waals surface area (Å²) < 4.78 is 0. The number of carboxylic acid groups (broad SMARTS) is 1. The minimum Gasteiger partial charge on any atom is -0.508 e. The highest BCUT2D eigenvalue weighted by molar-refractivity contribution is 5.91. The third kappa shape index (κ3) is 7.21. The van der Waals surface area contributed by atoms with Gasteiger partial charge in [0.2, 0.25) is 11.8 Å². The molecule has 0 bridgehead atoms. The van der Waals surface area contributed by atoms with Crippen molar-refractivity contribution in [2.24, 2.45) is 11.7 Å². The molecular formula is C17H25N3O5. The SMILES string of the molecule is CC(C)C[C@H](NC(=O)[C@H](Cc1ccc(O)cc1)NC(=O)CN)C(=O)O. The fourth-order valence-corrected chi connectivity index (χ4v) is 2.30. The van der Waals surface area contributed by atoms with Crippen LogP contribution in [0.15, 0.2) is 24.3 Å². The minimum absolute atomic E-state index is 0.0792. The third-order valence-electron chi connectivity index (χ3n) is 3.53. The minimum atomic E-state index is -1.13. The molecule has 2 amide bonds. The second kappa shape index (κ2) is 9.63. The Kier molecular flexibility index (Phi) is 7.87. The monoisotopic (exact) mass is 351 g/mol. The number of aliphatic carboxylic acids is 1. The maximum absolute atomic E-state index is 12.5. The van der Waals surface area contributed by atoms with Gasteiger partial charge < -0.3 is 26.6 Å². The zero-order valence-electron chi connectivity index (χ0n) is 14.4. The highest BCUT2D eigenvalue weighted by atomic mass is 16.4. The van der Waals surface area contributed by atoms with Crippen molar-refractivity contribution in [1.82, 2.24) is 10.6 Å². The first-order valence-electron chi connectivity index (χ1n) is 8.03. The number of phenolic OH excluding ortho intramolecular Hbond substituents is 1. The molecule has 0 unspecified atom stereocenters. The van der Waals surface area contributed by atoms with Crippen molar-refractivity contribution in [3.63, 3.8) is 0 Å². The molecule has 0 saturated heterocycles. The molecule has 8 nitrogen and oxygen atoms in total. The quantitative estimate of drug-likeness (QED) is 0.424. The Hall–Kier alpha value is -2.61. The lowest BCUT2D eigenvalue weighted by Gasteiger charge is -2.22. The number of amides is 2. The van der Waals surface area contributed by atoms with E-state index in [1.54, 1.807) is 12.1 Å². The predicted molar refractivity (Wildman–Crippen MR) is 91.8 cm³/mol. The normalized spacial score (nSPS) is 13.1. The maximum atomic E-state index is 12.5. The van der Waals surface area contributed by atoms with Gasteiger partial charge >= 0.3 is 5.97 Å². The van der Waals surface area contributed by atoms with Gasteiger partial charge in [-0.05, 0) is 30.0 Å². The summed E-state index contributed by atoms with van der Waals surface area (Å²) in [5.41, 5.74) is 5.98. The summed E-state index contributed by atoms with van der Waals surface area (Å²) in [6.07, 6.45) is 0.420. The van der Waals surface area contributed by atoms with E-state index in [2.05, 4.69) is 10.6 Å². The average Bonchev–Trinajstić information content (AvgIpc) is 2.54. The van der Waals surface area contributed by atoms with Crippen molar-refractivity contribution in [3.05, 3.63) is 29.8 Å². The van der Waals surface area contributed by atoms with E-state index < -0.39 is 29.9 Å². The van der Waals surface area contributed by atoms with Gasteiger partial charge in [0, 0.05) is 6.42 Å². The Morgan fingerprint density at radius 1 is 1.08 bits per heavy atom. The van der Waals surface area contributed by atoms with Gasteiger partial charge in [-0.3, -0.25) is 9.59 Å². The largest absolute Gasteiger partial charge is 0.508 e. The molecule has 138 valence electrons. The van der Waals surface area contributed by atoms with Crippen LogP contribution in [0.5, 0.6) is 5.75 Å². The van der Waals surface area contributed by atoms with Crippen molar-refractivity contribution in [3.8, 4) is 5.75 Å². The number of benzene rings is 1. The number of hydrogen-bond donors (Lipinski definition) is 5. The number of phenols is 1. The van der Waals surface area contributed by atoms with Gasteiger partial charge in [-0.25, -0.2) is 4.79 Å². The summed E-state index contributed by atoms with van der Waals surface area (Å²) in [6.45, 7) is 3.42. The summed E-state index contributed by atoms with van der Waals surface area (Å²) in [4.78, 5) is 35.4. The Morgan fingerprint density at radius 2 is 1.68 bits per heavy atom. The molecule has 0 fully saturated rings. The summed E-state index contributed by atoms with van der Waals surface area (Å²) in [5.74, 6) is -2.08. The van der Waals surface area contributed by atoms with Crippen molar-refractivity contribution in [1.29, 1.82) is 0 Å². The van der Waals surface area contributed by atoms with Gasteiger partial charge in [0.05, 0.1) is 6.54 Å². The molecule has 25 heavy (non-hydrogen) atoms. The van der Waals surface area contributed by atoms with E-state index in [-0.39, 0.29) is 31.1 Å². The van der Waals surface area contributed by atoms with Crippen LogP contribution in [0.1, 0.15) is 25.8 Å². The van der Waals surface area contributed by atoms with Crippen LogP contribution < -0.4 is 16.4 Å². The van der Waals surface area contributed by atoms with Crippen LogP contribution in [0.2, 0.25) is 0 Å². The lowest BCUT2D eigenvalue weighted by molar-refractivity contribution is -0.142. The van der Waals surface area contributed by atoms with Crippen molar-refractivity contribution < 1.29 is 24.6 Å². The predicted octanol–water partition coefficient (Wildman–Crippen LogP) is -0.00630. The van der Waals surface area contributed by atoms with Crippen LogP contribution in [0.3, 0.4) is 0 Å². The molecule has 0 heterocycles. The van der Waals surface area contributed by atoms with Gasteiger partial charge in [-0.2, -0.15) is 0 Å². The van der Waals surface area contributed by atoms with Gasteiger partial charge in [0.25, 0.3) is 0 Å².